The molecule has 0 spiro atoms. The number of anilines is 1. The maximum atomic E-state index is 12.9. The number of hydrogen-bond acceptors (Lipinski definition) is 6. The SMILES string of the molecule is COc1cc(OC)c([N+](=O)[O-])cc1/C=C(/C#N)C(=O)Nc1ccc(F)cc1. The summed E-state index contributed by atoms with van der Waals surface area (Å²) in [7, 11) is 2.61. The molecule has 0 saturated heterocycles. The van der Waals surface area contributed by atoms with Gasteiger partial charge in [-0.05, 0) is 30.3 Å². The highest BCUT2D eigenvalue weighted by Crippen LogP contribution is 2.35. The molecule has 138 valence electrons. The molecule has 1 amide bonds. The molecule has 2 aromatic carbocycles. The summed E-state index contributed by atoms with van der Waals surface area (Å²) < 4.78 is 23.0. The van der Waals surface area contributed by atoms with Gasteiger partial charge >= 0.3 is 5.69 Å². The summed E-state index contributed by atoms with van der Waals surface area (Å²) in [5.41, 5.74) is -0.232. The second-order valence-electron chi connectivity index (χ2n) is 5.15. The van der Waals surface area contributed by atoms with Gasteiger partial charge in [-0.2, -0.15) is 5.26 Å². The first-order valence-corrected chi connectivity index (χ1v) is 7.48. The maximum absolute atomic E-state index is 12.9. The highest BCUT2D eigenvalue weighted by Gasteiger charge is 2.20. The van der Waals surface area contributed by atoms with Gasteiger partial charge in [-0.3, -0.25) is 14.9 Å². The number of ether oxygens (including phenoxy) is 2. The number of nitrogens with zero attached hydrogens (tertiary/aromatic N) is 2. The molecule has 0 aliphatic heterocycles. The lowest BCUT2D eigenvalue weighted by Crippen LogP contribution is -2.13. The lowest BCUT2D eigenvalue weighted by Gasteiger charge is -2.09. The number of hydrogen-bond donors (Lipinski definition) is 1. The van der Waals surface area contributed by atoms with Crippen LogP contribution in [0.4, 0.5) is 15.8 Å². The van der Waals surface area contributed by atoms with E-state index in [-0.39, 0.29) is 34.0 Å². The molecule has 0 bridgehead atoms. The summed E-state index contributed by atoms with van der Waals surface area (Å²) in [5.74, 6) is -1.08. The number of nitriles is 1. The van der Waals surface area contributed by atoms with Gasteiger partial charge in [0.2, 0.25) is 5.75 Å². The summed E-state index contributed by atoms with van der Waals surface area (Å²) in [6, 6.07) is 9.13. The van der Waals surface area contributed by atoms with Crippen LogP contribution in [-0.4, -0.2) is 25.1 Å². The van der Waals surface area contributed by atoms with Gasteiger partial charge in [0.25, 0.3) is 5.91 Å². The van der Waals surface area contributed by atoms with Crippen LogP contribution < -0.4 is 14.8 Å². The first kappa shape index (κ1) is 19.4. The van der Waals surface area contributed by atoms with Gasteiger partial charge in [0.1, 0.15) is 23.2 Å². The summed E-state index contributed by atoms with van der Waals surface area (Å²) in [6.45, 7) is 0. The summed E-state index contributed by atoms with van der Waals surface area (Å²) in [5, 5.41) is 22.9. The number of halogens is 1. The topological polar surface area (TPSA) is 114 Å². The van der Waals surface area contributed by atoms with Crippen LogP contribution in [0.5, 0.6) is 11.5 Å². The van der Waals surface area contributed by atoms with Crippen molar-refractivity contribution in [2.24, 2.45) is 0 Å². The molecule has 0 unspecified atom stereocenters. The average molecular weight is 371 g/mol. The van der Waals surface area contributed by atoms with Crippen LogP contribution >= 0.6 is 0 Å². The molecule has 2 rings (SSSR count). The Morgan fingerprint density at radius 1 is 1.22 bits per heavy atom. The zero-order valence-electron chi connectivity index (χ0n) is 14.4. The lowest BCUT2D eigenvalue weighted by atomic mass is 10.1. The largest absolute Gasteiger partial charge is 0.496 e. The Hall–Kier alpha value is -3.93. The average Bonchev–Trinajstić information content (AvgIpc) is 2.66. The quantitative estimate of drug-likeness (QED) is 0.361. The van der Waals surface area contributed by atoms with Gasteiger partial charge in [-0.15, -0.1) is 0 Å². The minimum Gasteiger partial charge on any atom is -0.496 e. The second-order valence-corrected chi connectivity index (χ2v) is 5.15. The minimum atomic E-state index is -0.760. The molecule has 0 heterocycles. The van der Waals surface area contributed by atoms with E-state index in [4.69, 9.17) is 9.47 Å². The van der Waals surface area contributed by atoms with Crippen molar-refractivity contribution < 1.29 is 23.6 Å². The van der Waals surface area contributed by atoms with Crippen LogP contribution in [-0.2, 0) is 4.79 Å². The molecule has 2 aromatic rings. The highest BCUT2D eigenvalue weighted by atomic mass is 19.1. The molecule has 0 fully saturated rings. The zero-order valence-corrected chi connectivity index (χ0v) is 14.4. The van der Waals surface area contributed by atoms with Gasteiger partial charge in [0.05, 0.1) is 19.1 Å². The predicted molar refractivity (Wildman–Crippen MR) is 94.8 cm³/mol. The third-order valence-corrected chi connectivity index (χ3v) is 3.49. The van der Waals surface area contributed by atoms with E-state index in [1.807, 2.05) is 0 Å². The Bertz CT molecular complexity index is 949. The summed E-state index contributed by atoms with van der Waals surface area (Å²) >= 11 is 0. The zero-order chi connectivity index (χ0) is 20.0. The Labute approximate surface area is 153 Å². The molecule has 0 aliphatic carbocycles. The van der Waals surface area contributed by atoms with Gasteiger partial charge in [0, 0.05) is 23.4 Å². The van der Waals surface area contributed by atoms with E-state index in [2.05, 4.69) is 5.32 Å². The van der Waals surface area contributed by atoms with Gasteiger partial charge in [-0.1, -0.05) is 0 Å². The van der Waals surface area contributed by atoms with Crippen molar-refractivity contribution in [2.75, 3.05) is 19.5 Å². The summed E-state index contributed by atoms with van der Waals surface area (Å²) in [4.78, 5) is 22.8. The third-order valence-electron chi connectivity index (χ3n) is 3.49. The van der Waals surface area contributed by atoms with Crippen LogP contribution in [0.25, 0.3) is 6.08 Å². The molecule has 8 nitrogen and oxygen atoms in total. The van der Waals surface area contributed by atoms with Crippen molar-refractivity contribution in [3.8, 4) is 17.6 Å². The van der Waals surface area contributed by atoms with Crippen molar-refractivity contribution in [3.05, 3.63) is 63.5 Å². The number of benzene rings is 2. The molecule has 0 aromatic heterocycles. The third kappa shape index (κ3) is 4.58. The first-order chi connectivity index (χ1) is 12.9. The first-order valence-electron chi connectivity index (χ1n) is 7.48. The number of rotatable bonds is 6. The molecule has 0 atom stereocenters. The van der Waals surface area contributed by atoms with E-state index in [0.29, 0.717) is 0 Å². The minimum absolute atomic E-state index is 0.0247. The fourth-order valence-electron chi connectivity index (χ4n) is 2.20. The monoisotopic (exact) mass is 371 g/mol. The van der Waals surface area contributed by atoms with Gasteiger partial charge in [0.15, 0.2) is 0 Å². The standard InChI is InChI=1S/C18H14FN3O5/c1-26-16-9-17(27-2)15(22(24)25)8-11(16)7-12(10-20)18(23)21-14-5-3-13(19)4-6-14/h3-9H,1-2H3,(H,21,23)/b12-7-. The normalized spacial score (nSPS) is 10.7. The molecule has 1 N–H and O–H groups in total. The summed E-state index contributed by atoms with van der Waals surface area (Å²) in [6.07, 6.45) is 1.16. The van der Waals surface area contributed by atoms with Crippen LogP contribution in [0.1, 0.15) is 5.56 Å². The maximum Gasteiger partial charge on any atom is 0.311 e. The molecular weight excluding hydrogens is 357 g/mol. The van der Waals surface area contributed by atoms with Crippen molar-refractivity contribution in [1.82, 2.24) is 0 Å². The second kappa shape index (κ2) is 8.44. The van der Waals surface area contributed by atoms with Crippen LogP contribution in [0.15, 0.2) is 42.0 Å². The number of nitro benzene ring substituents is 1. The van der Waals surface area contributed by atoms with E-state index in [0.717, 1.165) is 24.3 Å². The number of nitro groups is 1. The molecule has 0 radical (unpaired) electrons. The molecule has 27 heavy (non-hydrogen) atoms. The Morgan fingerprint density at radius 3 is 2.37 bits per heavy atom. The van der Waals surface area contributed by atoms with Crippen LogP contribution in [0, 0.1) is 27.3 Å². The number of nitrogens with one attached hydrogen (secondary N) is 1. The Balaban J connectivity index is 2.42. The van der Waals surface area contributed by atoms with Crippen LogP contribution in [0.3, 0.4) is 0 Å². The van der Waals surface area contributed by atoms with Crippen molar-refractivity contribution in [1.29, 1.82) is 5.26 Å². The van der Waals surface area contributed by atoms with Crippen LogP contribution in [0.2, 0.25) is 0 Å². The number of methoxy groups -OCH3 is 2. The molecular formula is C18H14FN3O5. The van der Waals surface area contributed by atoms with Crippen molar-refractivity contribution >= 4 is 23.4 Å². The Kier molecular flexibility index (Phi) is 6.06. The van der Waals surface area contributed by atoms with E-state index >= 15 is 0 Å². The van der Waals surface area contributed by atoms with Crippen molar-refractivity contribution in [2.45, 2.75) is 0 Å². The number of carbonyl (C=O) groups is 1. The van der Waals surface area contributed by atoms with Crippen molar-refractivity contribution in [3.63, 3.8) is 0 Å². The fraction of sp³-hybridized carbons (Fsp3) is 0.111. The van der Waals surface area contributed by atoms with Gasteiger partial charge < -0.3 is 14.8 Å². The fourth-order valence-corrected chi connectivity index (χ4v) is 2.20. The Morgan fingerprint density at radius 2 is 1.85 bits per heavy atom. The van der Waals surface area contributed by atoms with E-state index < -0.39 is 16.6 Å². The smallest absolute Gasteiger partial charge is 0.311 e. The highest BCUT2D eigenvalue weighted by molar-refractivity contribution is 6.09. The molecule has 9 heteroatoms. The molecule has 0 aliphatic rings. The van der Waals surface area contributed by atoms with E-state index in [1.165, 1.54) is 32.4 Å². The predicted octanol–water partition coefficient (Wildman–Crippen LogP) is 3.30. The van der Waals surface area contributed by atoms with E-state index in [9.17, 15) is 24.6 Å². The molecule has 0 saturated carbocycles. The lowest BCUT2D eigenvalue weighted by molar-refractivity contribution is -0.385. The number of carbonyl (C=O) groups excluding carboxylic acids is 1. The van der Waals surface area contributed by atoms with E-state index in [1.54, 1.807) is 6.07 Å². The number of amides is 1. The van der Waals surface area contributed by atoms with Gasteiger partial charge in [-0.25, -0.2) is 4.39 Å².